The number of amides is 2. The third-order valence-corrected chi connectivity index (χ3v) is 7.91. The molecule has 2 amide bonds. The first-order valence-corrected chi connectivity index (χ1v) is 15.6. The van der Waals surface area contributed by atoms with Gasteiger partial charge in [-0.2, -0.15) is 0 Å². The van der Waals surface area contributed by atoms with E-state index in [1.165, 1.54) is 4.90 Å². The van der Waals surface area contributed by atoms with E-state index in [-0.39, 0.29) is 24.6 Å². The summed E-state index contributed by atoms with van der Waals surface area (Å²) in [5.74, 6) is 0.166. The molecule has 0 heterocycles. The van der Waals surface area contributed by atoms with Gasteiger partial charge < -0.3 is 15.0 Å². The quantitative estimate of drug-likeness (QED) is 0.273. The number of carbonyl (C=O) groups excluding carboxylic acids is 2. The molecule has 0 aliphatic rings. The Morgan fingerprint density at radius 1 is 0.902 bits per heavy atom. The summed E-state index contributed by atoms with van der Waals surface area (Å²) < 4.78 is 32.6. The summed E-state index contributed by atoms with van der Waals surface area (Å²) in [6.45, 7) is 6.66. The second kappa shape index (κ2) is 13.6. The standard InChI is InChI=1S/C30H35Cl2N3O5S/c1-6-27(29(37)33-30(2,3)4)34(19-24-25(31)13-10-14-26(24)32)28(36)20-35(41(5,38)39)21-15-17-23(18-16-21)40-22-11-8-7-9-12-22/h7-18,27H,6,19-20H2,1-5H3,(H,33,37). The van der Waals surface area contributed by atoms with Gasteiger partial charge in [-0.25, -0.2) is 8.42 Å². The average Bonchev–Trinajstić information content (AvgIpc) is 2.88. The minimum Gasteiger partial charge on any atom is -0.457 e. The number of nitrogens with zero attached hydrogens (tertiary/aromatic N) is 2. The molecule has 0 saturated carbocycles. The number of anilines is 1. The lowest BCUT2D eigenvalue weighted by atomic mass is 10.1. The van der Waals surface area contributed by atoms with Gasteiger partial charge in [-0.05, 0) is 75.7 Å². The van der Waals surface area contributed by atoms with Gasteiger partial charge >= 0.3 is 0 Å². The molecule has 3 rings (SSSR count). The van der Waals surface area contributed by atoms with Crippen LogP contribution in [-0.2, 0) is 26.2 Å². The van der Waals surface area contributed by atoms with E-state index in [4.69, 9.17) is 27.9 Å². The third-order valence-electron chi connectivity index (χ3n) is 6.06. The Bertz CT molecular complexity index is 1440. The van der Waals surface area contributed by atoms with Crippen molar-refractivity contribution in [3.8, 4) is 11.5 Å². The summed E-state index contributed by atoms with van der Waals surface area (Å²) in [6.07, 6.45) is 1.30. The van der Waals surface area contributed by atoms with Gasteiger partial charge in [0, 0.05) is 27.7 Å². The number of para-hydroxylation sites is 1. The predicted octanol–water partition coefficient (Wildman–Crippen LogP) is 6.27. The molecule has 0 aliphatic heterocycles. The van der Waals surface area contributed by atoms with Crippen molar-refractivity contribution in [3.05, 3.63) is 88.4 Å². The highest BCUT2D eigenvalue weighted by Gasteiger charge is 2.33. The molecule has 3 aromatic carbocycles. The van der Waals surface area contributed by atoms with Crippen molar-refractivity contribution in [2.24, 2.45) is 0 Å². The van der Waals surface area contributed by atoms with Crippen LogP contribution in [0.25, 0.3) is 0 Å². The number of hydrogen-bond donors (Lipinski definition) is 1. The largest absolute Gasteiger partial charge is 0.457 e. The Balaban J connectivity index is 1.95. The van der Waals surface area contributed by atoms with E-state index in [1.807, 2.05) is 39.0 Å². The molecule has 0 saturated heterocycles. The van der Waals surface area contributed by atoms with Crippen LogP contribution >= 0.6 is 23.2 Å². The van der Waals surface area contributed by atoms with Crippen LogP contribution in [0.15, 0.2) is 72.8 Å². The molecular formula is C30H35Cl2N3O5S. The molecule has 1 unspecified atom stereocenters. The minimum atomic E-state index is -3.90. The Kier molecular flexibility index (Phi) is 10.7. The smallest absolute Gasteiger partial charge is 0.244 e. The van der Waals surface area contributed by atoms with Crippen molar-refractivity contribution in [2.45, 2.75) is 52.2 Å². The number of halogens is 2. The molecule has 0 spiro atoms. The summed E-state index contributed by atoms with van der Waals surface area (Å²) in [4.78, 5) is 28.6. The summed E-state index contributed by atoms with van der Waals surface area (Å²) in [6, 6.07) is 19.6. The lowest BCUT2D eigenvalue weighted by Gasteiger charge is -2.34. The minimum absolute atomic E-state index is 0.0884. The highest BCUT2D eigenvalue weighted by molar-refractivity contribution is 7.92. The van der Waals surface area contributed by atoms with Crippen LogP contribution < -0.4 is 14.4 Å². The van der Waals surface area contributed by atoms with Crippen molar-refractivity contribution in [1.29, 1.82) is 0 Å². The fraction of sp³-hybridized carbons (Fsp3) is 0.333. The van der Waals surface area contributed by atoms with Crippen LogP contribution in [0.1, 0.15) is 39.7 Å². The maximum Gasteiger partial charge on any atom is 0.244 e. The molecule has 0 radical (unpaired) electrons. The Labute approximate surface area is 252 Å². The van der Waals surface area contributed by atoms with Gasteiger partial charge in [0.25, 0.3) is 0 Å². The zero-order chi connectivity index (χ0) is 30.4. The van der Waals surface area contributed by atoms with Gasteiger partial charge in [-0.1, -0.05) is 54.4 Å². The molecule has 8 nitrogen and oxygen atoms in total. The highest BCUT2D eigenvalue weighted by Crippen LogP contribution is 2.29. The summed E-state index contributed by atoms with van der Waals surface area (Å²) in [7, 11) is -3.90. The van der Waals surface area contributed by atoms with Crippen molar-refractivity contribution in [3.63, 3.8) is 0 Å². The first kappa shape index (κ1) is 32.2. The summed E-state index contributed by atoms with van der Waals surface area (Å²) >= 11 is 12.8. The second-order valence-electron chi connectivity index (χ2n) is 10.6. The van der Waals surface area contributed by atoms with E-state index in [9.17, 15) is 18.0 Å². The van der Waals surface area contributed by atoms with Gasteiger partial charge in [0.2, 0.25) is 21.8 Å². The lowest BCUT2D eigenvalue weighted by Crippen LogP contribution is -2.55. The normalized spacial score (nSPS) is 12.4. The third kappa shape index (κ3) is 9.11. The van der Waals surface area contributed by atoms with Crippen LogP contribution in [0, 0.1) is 0 Å². The number of sulfonamides is 1. The van der Waals surface area contributed by atoms with Crippen molar-refractivity contribution in [1.82, 2.24) is 10.2 Å². The van der Waals surface area contributed by atoms with Crippen molar-refractivity contribution >= 4 is 50.7 Å². The van der Waals surface area contributed by atoms with Gasteiger partial charge in [0.15, 0.2) is 0 Å². The molecule has 3 aromatic rings. The van der Waals surface area contributed by atoms with E-state index in [0.717, 1.165) is 10.6 Å². The van der Waals surface area contributed by atoms with Crippen LogP contribution in [0.4, 0.5) is 5.69 Å². The number of hydrogen-bond acceptors (Lipinski definition) is 5. The van der Waals surface area contributed by atoms with E-state index in [0.29, 0.717) is 27.1 Å². The number of nitrogens with one attached hydrogen (secondary N) is 1. The van der Waals surface area contributed by atoms with Crippen molar-refractivity contribution < 1.29 is 22.7 Å². The van der Waals surface area contributed by atoms with E-state index < -0.39 is 34.1 Å². The van der Waals surface area contributed by atoms with E-state index >= 15 is 0 Å². The van der Waals surface area contributed by atoms with Gasteiger partial charge in [0.1, 0.15) is 24.1 Å². The molecule has 11 heteroatoms. The zero-order valence-electron chi connectivity index (χ0n) is 23.7. The molecule has 0 aromatic heterocycles. The number of rotatable bonds is 11. The Hall–Kier alpha value is -3.27. The average molecular weight is 621 g/mol. The monoisotopic (exact) mass is 619 g/mol. The van der Waals surface area contributed by atoms with E-state index in [2.05, 4.69) is 5.32 Å². The lowest BCUT2D eigenvalue weighted by molar-refractivity contribution is -0.141. The molecule has 0 bridgehead atoms. The highest BCUT2D eigenvalue weighted by atomic mass is 35.5. The van der Waals surface area contributed by atoms with Gasteiger partial charge in [0.05, 0.1) is 11.9 Å². The molecule has 220 valence electrons. The Morgan fingerprint density at radius 2 is 1.46 bits per heavy atom. The van der Waals surface area contributed by atoms with Crippen LogP contribution in [-0.4, -0.2) is 49.5 Å². The maximum atomic E-state index is 13.9. The van der Waals surface area contributed by atoms with Crippen LogP contribution in [0.5, 0.6) is 11.5 Å². The fourth-order valence-electron chi connectivity index (χ4n) is 4.14. The molecular weight excluding hydrogens is 585 g/mol. The van der Waals surface area contributed by atoms with Crippen LogP contribution in [0.3, 0.4) is 0 Å². The Morgan fingerprint density at radius 3 is 1.98 bits per heavy atom. The first-order chi connectivity index (χ1) is 19.2. The van der Waals surface area contributed by atoms with Gasteiger partial charge in [-0.15, -0.1) is 0 Å². The zero-order valence-corrected chi connectivity index (χ0v) is 26.1. The van der Waals surface area contributed by atoms with Gasteiger partial charge in [-0.3, -0.25) is 13.9 Å². The first-order valence-electron chi connectivity index (χ1n) is 13.0. The summed E-state index contributed by atoms with van der Waals surface area (Å²) in [5, 5.41) is 3.58. The van der Waals surface area contributed by atoms with Crippen molar-refractivity contribution in [2.75, 3.05) is 17.1 Å². The maximum absolute atomic E-state index is 13.9. The number of ether oxygens (including phenoxy) is 1. The summed E-state index contributed by atoms with van der Waals surface area (Å²) in [5.41, 5.74) is 0.174. The molecule has 1 atom stereocenters. The topological polar surface area (TPSA) is 96.0 Å². The number of benzene rings is 3. The fourth-order valence-corrected chi connectivity index (χ4v) is 5.51. The van der Waals surface area contributed by atoms with Crippen LogP contribution in [0.2, 0.25) is 10.0 Å². The second-order valence-corrected chi connectivity index (χ2v) is 13.3. The molecule has 41 heavy (non-hydrogen) atoms. The van der Waals surface area contributed by atoms with E-state index in [1.54, 1.807) is 61.5 Å². The molecule has 0 aliphatic carbocycles. The number of carbonyl (C=O) groups is 2. The predicted molar refractivity (Wildman–Crippen MR) is 164 cm³/mol. The molecule has 1 N–H and O–H groups in total. The molecule has 0 fully saturated rings. The SMILES string of the molecule is CCC(C(=O)NC(C)(C)C)N(Cc1c(Cl)cccc1Cl)C(=O)CN(c1ccc(Oc2ccccc2)cc1)S(C)(=O)=O.